The Hall–Kier alpha value is -2.56. The van der Waals surface area contributed by atoms with E-state index in [9.17, 15) is 0 Å². The molecule has 4 heterocycles. The van der Waals surface area contributed by atoms with E-state index in [1.807, 2.05) is 6.20 Å². The van der Waals surface area contributed by atoms with Gasteiger partial charge in [-0.15, -0.1) is 0 Å². The molecule has 0 aromatic carbocycles. The van der Waals surface area contributed by atoms with Crippen LogP contribution in [-0.2, 0) is 21.7 Å². The van der Waals surface area contributed by atoms with Gasteiger partial charge in [-0.2, -0.15) is 0 Å². The zero-order valence-corrected chi connectivity index (χ0v) is 21.2. The second kappa shape index (κ2) is 6.06. The van der Waals surface area contributed by atoms with Crippen molar-refractivity contribution in [3.63, 3.8) is 0 Å². The highest BCUT2D eigenvalue weighted by atomic mass is 15.1. The Labute approximate surface area is 190 Å². The number of pyridine rings is 2. The normalized spacial score (nSPS) is 18.1. The third kappa shape index (κ3) is 2.89. The fourth-order valence-electron chi connectivity index (χ4n) is 5.68. The van der Waals surface area contributed by atoms with Gasteiger partial charge in [-0.05, 0) is 18.6 Å². The Morgan fingerprint density at radius 2 is 1.41 bits per heavy atom. The topological polar surface area (TPSA) is 56.0 Å². The Morgan fingerprint density at radius 3 is 2.00 bits per heavy atom. The molecule has 168 valence electrons. The van der Waals surface area contributed by atoms with Crippen molar-refractivity contribution in [2.45, 2.75) is 97.3 Å². The number of hydrogen-bond donors (Lipinski definition) is 0. The molecule has 5 nitrogen and oxygen atoms in total. The van der Waals surface area contributed by atoms with Gasteiger partial charge in [-0.1, -0.05) is 69.2 Å². The summed E-state index contributed by atoms with van der Waals surface area (Å²) >= 11 is 0. The molecule has 0 fully saturated rings. The van der Waals surface area contributed by atoms with E-state index in [1.54, 1.807) is 0 Å². The van der Waals surface area contributed by atoms with Crippen molar-refractivity contribution in [3.8, 4) is 0 Å². The number of fused-ring (bicyclic) bond motifs is 6. The van der Waals surface area contributed by atoms with Gasteiger partial charge in [0.25, 0.3) is 0 Å². The van der Waals surface area contributed by atoms with Gasteiger partial charge in [0.2, 0.25) is 0 Å². The van der Waals surface area contributed by atoms with Crippen molar-refractivity contribution < 1.29 is 0 Å². The number of nitrogens with zero attached hydrogens (tertiary/aromatic N) is 5. The highest BCUT2D eigenvalue weighted by Gasteiger charge is 2.45. The molecule has 1 aliphatic rings. The first-order valence-electron chi connectivity index (χ1n) is 11.7. The molecule has 4 aromatic heterocycles. The molecule has 0 aliphatic heterocycles. The molecular weight excluding hydrogens is 394 g/mol. The molecule has 0 spiro atoms. The van der Waals surface area contributed by atoms with Gasteiger partial charge in [0.05, 0.1) is 17.1 Å². The molecule has 0 saturated carbocycles. The third-order valence-corrected chi connectivity index (χ3v) is 6.89. The Morgan fingerprint density at radius 1 is 0.781 bits per heavy atom. The molecule has 0 atom stereocenters. The largest absolute Gasteiger partial charge is 0.279 e. The van der Waals surface area contributed by atoms with Gasteiger partial charge >= 0.3 is 0 Å². The van der Waals surface area contributed by atoms with Crippen LogP contribution in [0.15, 0.2) is 18.3 Å². The molecule has 5 heteroatoms. The highest BCUT2D eigenvalue weighted by Crippen LogP contribution is 2.48. The third-order valence-electron chi connectivity index (χ3n) is 6.89. The zero-order chi connectivity index (χ0) is 23.4. The first-order valence-corrected chi connectivity index (χ1v) is 11.7. The van der Waals surface area contributed by atoms with Crippen LogP contribution in [0.1, 0.15) is 98.4 Å². The lowest BCUT2D eigenvalue weighted by molar-refractivity contribution is 0.396. The Bertz CT molecular complexity index is 1410. The maximum atomic E-state index is 5.27. The van der Waals surface area contributed by atoms with Crippen LogP contribution in [0.4, 0.5) is 0 Å². The first kappa shape index (κ1) is 21.3. The average molecular weight is 430 g/mol. The van der Waals surface area contributed by atoms with E-state index in [4.69, 9.17) is 19.9 Å². The van der Waals surface area contributed by atoms with Crippen LogP contribution in [0.5, 0.6) is 0 Å². The summed E-state index contributed by atoms with van der Waals surface area (Å²) in [5.41, 5.74) is 6.85. The van der Waals surface area contributed by atoms with Crippen molar-refractivity contribution in [2.24, 2.45) is 0 Å². The van der Waals surface area contributed by atoms with E-state index in [0.29, 0.717) is 0 Å². The number of aromatic nitrogens is 5. The Balaban J connectivity index is 2.00. The van der Waals surface area contributed by atoms with Crippen LogP contribution < -0.4 is 0 Å². The molecule has 5 rings (SSSR count). The van der Waals surface area contributed by atoms with E-state index < -0.39 is 0 Å². The first-order chi connectivity index (χ1) is 14.6. The van der Waals surface area contributed by atoms with E-state index in [1.165, 1.54) is 11.1 Å². The minimum atomic E-state index is -0.0967. The summed E-state index contributed by atoms with van der Waals surface area (Å²) in [5, 5.41) is 2.28. The summed E-state index contributed by atoms with van der Waals surface area (Å²) in [6.45, 7) is 22.5. The van der Waals surface area contributed by atoms with E-state index in [2.05, 4.69) is 85.8 Å². The fourth-order valence-corrected chi connectivity index (χ4v) is 5.68. The van der Waals surface area contributed by atoms with Gasteiger partial charge in [0.1, 0.15) is 5.65 Å². The molecule has 0 amide bonds. The van der Waals surface area contributed by atoms with E-state index in [0.717, 1.165) is 45.8 Å². The Kier molecular flexibility index (Phi) is 4.03. The standard InChI is InChI=1S/C27H35N5/c1-24(2,3)17-13-16-15(11-12-28-18(16)25(4,5)6)22-31-21-23(32(17)22)30-20-19(29-21)26(7,8)14-27(20,9)10/h11-13H,14H2,1-10H3. The molecule has 0 bridgehead atoms. The summed E-state index contributed by atoms with van der Waals surface area (Å²) in [6.07, 6.45) is 2.95. The number of hydrogen-bond acceptors (Lipinski definition) is 4. The summed E-state index contributed by atoms with van der Waals surface area (Å²) in [4.78, 5) is 20.3. The van der Waals surface area contributed by atoms with Gasteiger partial charge in [-0.25, -0.2) is 15.0 Å². The van der Waals surface area contributed by atoms with Gasteiger partial charge in [0.15, 0.2) is 11.3 Å². The van der Waals surface area contributed by atoms with Crippen molar-refractivity contribution >= 4 is 27.7 Å². The van der Waals surface area contributed by atoms with Crippen LogP contribution >= 0.6 is 0 Å². The molecule has 4 aromatic rings. The SMILES string of the molecule is CC(C)(C)c1nccc2c1cc(C(C)(C)C)n1c3nc4c(nc3nc21)C(C)(C)CC4(C)C. The number of imidazole rings is 1. The quantitative estimate of drug-likeness (QED) is 0.325. The van der Waals surface area contributed by atoms with Crippen molar-refractivity contribution in [2.75, 3.05) is 0 Å². The van der Waals surface area contributed by atoms with Crippen LogP contribution in [0.2, 0.25) is 0 Å². The predicted octanol–water partition coefficient (Wildman–Crippen LogP) is 6.38. The molecule has 32 heavy (non-hydrogen) atoms. The summed E-state index contributed by atoms with van der Waals surface area (Å²) in [7, 11) is 0. The van der Waals surface area contributed by atoms with E-state index in [-0.39, 0.29) is 21.7 Å². The van der Waals surface area contributed by atoms with Crippen molar-refractivity contribution in [3.05, 3.63) is 41.1 Å². The highest BCUT2D eigenvalue weighted by molar-refractivity contribution is 5.99. The monoisotopic (exact) mass is 429 g/mol. The smallest absolute Gasteiger partial charge is 0.198 e. The molecule has 0 unspecified atom stereocenters. The lowest BCUT2D eigenvalue weighted by atomic mass is 9.83. The van der Waals surface area contributed by atoms with Gasteiger partial charge < -0.3 is 0 Å². The van der Waals surface area contributed by atoms with Crippen molar-refractivity contribution in [1.82, 2.24) is 24.3 Å². The predicted molar refractivity (Wildman–Crippen MR) is 132 cm³/mol. The molecule has 0 saturated heterocycles. The minimum Gasteiger partial charge on any atom is -0.279 e. The molecule has 1 aliphatic carbocycles. The van der Waals surface area contributed by atoms with Gasteiger partial charge in [-0.3, -0.25) is 9.38 Å². The van der Waals surface area contributed by atoms with E-state index >= 15 is 0 Å². The average Bonchev–Trinajstić information content (AvgIpc) is 3.10. The lowest BCUT2D eigenvalue weighted by Crippen LogP contribution is -2.19. The maximum Gasteiger partial charge on any atom is 0.198 e. The summed E-state index contributed by atoms with van der Waals surface area (Å²) < 4.78 is 2.25. The molecular formula is C27H35N5. The second-order valence-electron chi connectivity index (χ2n) is 12.9. The second-order valence-corrected chi connectivity index (χ2v) is 12.9. The van der Waals surface area contributed by atoms with Crippen molar-refractivity contribution in [1.29, 1.82) is 0 Å². The summed E-state index contributed by atoms with van der Waals surface area (Å²) in [6, 6.07) is 4.39. The lowest BCUT2D eigenvalue weighted by Gasteiger charge is -2.25. The van der Waals surface area contributed by atoms with Gasteiger partial charge in [0, 0.05) is 44.3 Å². The maximum absolute atomic E-state index is 5.27. The minimum absolute atomic E-state index is 0.00588. The van der Waals surface area contributed by atoms with Crippen LogP contribution in [0.3, 0.4) is 0 Å². The van der Waals surface area contributed by atoms with Crippen LogP contribution in [0, 0.1) is 0 Å². The molecule has 0 N–H and O–H groups in total. The summed E-state index contributed by atoms with van der Waals surface area (Å²) in [5.74, 6) is 0. The molecule has 0 radical (unpaired) electrons. The zero-order valence-electron chi connectivity index (χ0n) is 21.2. The van der Waals surface area contributed by atoms with Crippen LogP contribution in [-0.4, -0.2) is 24.3 Å². The fraction of sp³-hybridized carbons (Fsp3) is 0.556. The van der Waals surface area contributed by atoms with Crippen LogP contribution in [0.25, 0.3) is 27.7 Å². The number of rotatable bonds is 0.